The fourth-order valence-corrected chi connectivity index (χ4v) is 2.61. The molecule has 0 radical (unpaired) electrons. The number of aromatic nitrogens is 2. The van der Waals surface area contributed by atoms with Crippen LogP contribution in [0.15, 0.2) is 60.8 Å². The van der Waals surface area contributed by atoms with Crippen LogP contribution in [0.2, 0.25) is 0 Å². The van der Waals surface area contributed by atoms with E-state index in [9.17, 15) is 9.59 Å². The van der Waals surface area contributed by atoms with Gasteiger partial charge in [0.15, 0.2) is 0 Å². The van der Waals surface area contributed by atoms with E-state index in [2.05, 4.69) is 25.9 Å². The molecule has 2 aromatic carbocycles. The van der Waals surface area contributed by atoms with Gasteiger partial charge >= 0.3 is 5.97 Å². The summed E-state index contributed by atoms with van der Waals surface area (Å²) in [4.78, 5) is 32.0. The van der Waals surface area contributed by atoms with Crippen molar-refractivity contribution in [2.75, 3.05) is 22.6 Å². The first-order chi connectivity index (χ1) is 14.0. The molecule has 3 aromatic rings. The zero-order valence-corrected chi connectivity index (χ0v) is 16.1. The van der Waals surface area contributed by atoms with Gasteiger partial charge in [-0.05, 0) is 43.3 Å². The van der Waals surface area contributed by atoms with Gasteiger partial charge in [0.1, 0.15) is 5.82 Å². The van der Waals surface area contributed by atoms with Gasteiger partial charge in [-0.2, -0.15) is 4.98 Å². The lowest BCUT2D eigenvalue weighted by molar-refractivity contribution is -0.114. The fraction of sp³-hybridized carbons (Fsp3) is 0.143. The monoisotopic (exact) mass is 391 g/mol. The largest absolute Gasteiger partial charge is 0.462 e. The Morgan fingerprint density at radius 2 is 1.79 bits per heavy atom. The molecule has 1 amide bonds. The number of anilines is 5. The van der Waals surface area contributed by atoms with E-state index in [1.807, 2.05) is 18.2 Å². The van der Waals surface area contributed by atoms with E-state index in [1.54, 1.807) is 49.5 Å². The van der Waals surface area contributed by atoms with Crippen LogP contribution >= 0.6 is 0 Å². The van der Waals surface area contributed by atoms with Gasteiger partial charge in [-0.15, -0.1) is 0 Å². The molecular formula is C21H21N5O3. The predicted octanol–water partition coefficient (Wildman–Crippen LogP) is 4.10. The molecule has 29 heavy (non-hydrogen) atoms. The Labute approximate surface area is 168 Å². The number of nitrogens with one attached hydrogen (secondary N) is 3. The first kappa shape index (κ1) is 19.8. The normalized spacial score (nSPS) is 10.1. The van der Waals surface area contributed by atoms with Gasteiger partial charge in [0.05, 0.1) is 17.9 Å². The average molecular weight is 391 g/mol. The molecule has 0 fully saturated rings. The van der Waals surface area contributed by atoms with Gasteiger partial charge in [-0.3, -0.25) is 4.79 Å². The Kier molecular flexibility index (Phi) is 6.36. The van der Waals surface area contributed by atoms with Gasteiger partial charge in [0, 0.05) is 24.5 Å². The number of nitrogens with zero attached hydrogens (tertiary/aromatic N) is 2. The number of carbonyl (C=O) groups excluding carboxylic acids is 2. The molecule has 0 bridgehead atoms. The van der Waals surface area contributed by atoms with E-state index in [-0.39, 0.29) is 5.91 Å². The number of amides is 1. The SMILES string of the molecule is CCOC(=O)c1ccccc1Nc1ccnc(Nc2cccc(NC(C)=O)c2)n1. The molecule has 148 valence electrons. The minimum absolute atomic E-state index is 0.148. The van der Waals surface area contributed by atoms with Crippen molar-refractivity contribution in [2.24, 2.45) is 0 Å². The number of rotatable bonds is 7. The highest BCUT2D eigenvalue weighted by molar-refractivity contribution is 5.96. The van der Waals surface area contributed by atoms with Crippen molar-refractivity contribution in [3.8, 4) is 0 Å². The van der Waals surface area contributed by atoms with Crippen molar-refractivity contribution >= 4 is 40.7 Å². The average Bonchev–Trinajstić information content (AvgIpc) is 2.68. The smallest absolute Gasteiger partial charge is 0.340 e. The highest BCUT2D eigenvalue weighted by atomic mass is 16.5. The van der Waals surface area contributed by atoms with E-state index in [0.717, 1.165) is 5.69 Å². The molecular weight excluding hydrogens is 370 g/mol. The lowest BCUT2D eigenvalue weighted by atomic mass is 10.2. The molecule has 3 rings (SSSR count). The second-order valence-electron chi connectivity index (χ2n) is 6.04. The highest BCUT2D eigenvalue weighted by Crippen LogP contribution is 2.22. The summed E-state index contributed by atoms with van der Waals surface area (Å²) in [5.41, 5.74) is 2.40. The number of esters is 1. The van der Waals surface area contributed by atoms with Gasteiger partial charge in [0.25, 0.3) is 0 Å². The van der Waals surface area contributed by atoms with Crippen LogP contribution in [0.5, 0.6) is 0 Å². The number of para-hydroxylation sites is 1. The van der Waals surface area contributed by atoms with E-state index < -0.39 is 5.97 Å². The molecule has 0 spiro atoms. The third-order valence-corrected chi connectivity index (χ3v) is 3.78. The maximum absolute atomic E-state index is 12.1. The van der Waals surface area contributed by atoms with Gasteiger partial charge in [0.2, 0.25) is 11.9 Å². The maximum Gasteiger partial charge on any atom is 0.340 e. The predicted molar refractivity (Wildman–Crippen MR) is 112 cm³/mol. The van der Waals surface area contributed by atoms with E-state index in [1.165, 1.54) is 6.92 Å². The molecule has 0 saturated heterocycles. The molecule has 0 saturated carbocycles. The Morgan fingerprint density at radius 3 is 2.59 bits per heavy atom. The maximum atomic E-state index is 12.1. The molecule has 3 N–H and O–H groups in total. The number of ether oxygens (including phenoxy) is 1. The molecule has 8 nitrogen and oxygen atoms in total. The molecule has 0 aliphatic rings. The summed E-state index contributed by atoms with van der Waals surface area (Å²) in [7, 11) is 0. The molecule has 1 aromatic heterocycles. The summed E-state index contributed by atoms with van der Waals surface area (Å²) in [5.74, 6) is 0.323. The van der Waals surface area contributed by atoms with Crippen molar-refractivity contribution in [1.82, 2.24) is 9.97 Å². The third kappa shape index (κ3) is 5.52. The summed E-state index contributed by atoms with van der Waals surface area (Å²) in [6, 6.07) is 16.0. The Bertz CT molecular complexity index is 1020. The zero-order chi connectivity index (χ0) is 20.6. The first-order valence-electron chi connectivity index (χ1n) is 9.06. The van der Waals surface area contributed by atoms with Gasteiger partial charge in [-0.1, -0.05) is 18.2 Å². The van der Waals surface area contributed by atoms with Crippen LogP contribution < -0.4 is 16.0 Å². The second kappa shape index (κ2) is 9.32. The van der Waals surface area contributed by atoms with E-state index in [4.69, 9.17) is 4.74 Å². The first-order valence-corrected chi connectivity index (χ1v) is 9.06. The van der Waals surface area contributed by atoms with Crippen LogP contribution in [0.3, 0.4) is 0 Å². The fourth-order valence-electron chi connectivity index (χ4n) is 2.61. The lowest BCUT2D eigenvalue weighted by Crippen LogP contribution is -2.08. The molecule has 0 unspecified atom stereocenters. The van der Waals surface area contributed by atoms with Crippen LogP contribution in [-0.2, 0) is 9.53 Å². The third-order valence-electron chi connectivity index (χ3n) is 3.78. The number of hydrogen-bond acceptors (Lipinski definition) is 7. The Hall–Kier alpha value is -3.94. The van der Waals surface area contributed by atoms with Crippen LogP contribution in [0.1, 0.15) is 24.2 Å². The van der Waals surface area contributed by atoms with Crippen LogP contribution in [0, 0.1) is 0 Å². The van der Waals surface area contributed by atoms with Crippen molar-refractivity contribution in [1.29, 1.82) is 0 Å². The summed E-state index contributed by atoms with van der Waals surface area (Å²) < 4.78 is 5.09. The van der Waals surface area contributed by atoms with E-state index in [0.29, 0.717) is 35.3 Å². The van der Waals surface area contributed by atoms with Crippen molar-refractivity contribution in [3.05, 3.63) is 66.4 Å². The molecule has 1 heterocycles. The van der Waals surface area contributed by atoms with E-state index >= 15 is 0 Å². The minimum atomic E-state index is -0.405. The number of benzene rings is 2. The lowest BCUT2D eigenvalue weighted by Gasteiger charge is -2.12. The van der Waals surface area contributed by atoms with Gasteiger partial charge < -0.3 is 20.7 Å². The van der Waals surface area contributed by atoms with Crippen LogP contribution in [0.4, 0.5) is 28.8 Å². The number of carbonyl (C=O) groups is 2. The standard InChI is InChI=1S/C21H21N5O3/c1-3-29-20(28)17-9-4-5-10-18(17)25-19-11-12-22-21(26-19)24-16-8-6-7-15(13-16)23-14(2)27/h4-13H,3H2,1-2H3,(H,23,27)(H2,22,24,25,26). The van der Waals surface area contributed by atoms with Crippen LogP contribution in [0.25, 0.3) is 0 Å². The molecule has 0 atom stereocenters. The molecule has 0 aliphatic heterocycles. The quantitative estimate of drug-likeness (QED) is 0.521. The molecule has 0 aliphatic carbocycles. The topological polar surface area (TPSA) is 105 Å². The zero-order valence-electron chi connectivity index (χ0n) is 16.1. The summed E-state index contributed by atoms with van der Waals surface area (Å²) in [5, 5.41) is 8.95. The van der Waals surface area contributed by atoms with Crippen LogP contribution in [-0.4, -0.2) is 28.5 Å². The highest BCUT2D eigenvalue weighted by Gasteiger charge is 2.12. The summed E-state index contributed by atoms with van der Waals surface area (Å²) in [6.07, 6.45) is 1.60. The summed E-state index contributed by atoms with van der Waals surface area (Å²) >= 11 is 0. The Balaban J connectivity index is 1.77. The number of hydrogen-bond donors (Lipinski definition) is 3. The van der Waals surface area contributed by atoms with Crippen molar-refractivity contribution < 1.29 is 14.3 Å². The van der Waals surface area contributed by atoms with Crippen molar-refractivity contribution in [3.63, 3.8) is 0 Å². The summed E-state index contributed by atoms with van der Waals surface area (Å²) in [6.45, 7) is 3.51. The minimum Gasteiger partial charge on any atom is -0.462 e. The van der Waals surface area contributed by atoms with Gasteiger partial charge in [-0.25, -0.2) is 9.78 Å². The van der Waals surface area contributed by atoms with Crippen molar-refractivity contribution in [2.45, 2.75) is 13.8 Å². The molecule has 8 heteroatoms. The Morgan fingerprint density at radius 1 is 1.00 bits per heavy atom. The second-order valence-corrected chi connectivity index (χ2v) is 6.04.